The van der Waals surface area contributed by atoms with Gasteiger partial charge in [-0.15, -0.1) is 0 Å². The van der Waals surface area contributed by atoms with Crippen LogP contribution < -0.4 is 5.73 Å². The molecule has 0 aromatic heterocycles. The standard InChI is InChI=1S/C18H22BrNS/c1-12(20)16-10-9-15(11-17(16)19)21-14-7-5-13(6-8-14)18(2,3)4/h5-12H,20H2,1-4H3/t12-/m1/s1. The summed E-state index contributed by atoms with van der Waals surface area (Å²) in [5.74, 6) is 0. The molecule has 2 rings (SSSR count). The molecule has 2 aromatic carbocycles. The predicted octanol–water partition coefficient (Wildman–Crippen LogP) is 5.92. The number of hydrogen-bond acceptors (Lipinski definition) is 2. The lowest BCUT2D eigenvalue weighted by Crippen LogP contribution is -2.10. The smallest absolute Gasteiger partial charge is 0.0277 e. The molecule has 1 atom stereocenters. The number of rotatable bonds is 3. The zero-order valence-corrected chi connectivity index (χ0v) is 15.4. The van der Waals surface area contributed by atoms with Crippen molar-refractivity contribution in [1.82, 2.24) is 0 Å². The second-order valence-corrected chi connectivity index (χ2v) is 8.35. The molecular formula is C18H22BrNS. The van der Waals surface area contributed by atoms with Gasteiger partial charge < -0.3 is 5.73 Å². The van der Waals surface area contributed by atoms with E-state index < -0.39 is 0 Å². The van der Waals surface area contributed by atoms with Gasteiger partial charge in [0.1, 0.15) is 0 Å². The fourth-order valence-corrected chi connectivity index (χ4v) is 3.85. The summed E-state index contributed by atoms with van der Waals surface area (Å²) in [6, 6.07) is 15.2. The SMILES string of the molecule is C[C@@H](N)c1ccc(Sc2ccc(C(C)(C)C)cc2)cc1Br. The van der Waals surface area contributed by atoms with Crippen molar-refractivity contribution in [3.8, 4) is 0 Å². The van der Waals surface area contributed by atoms with Gasteiger partial charge in [0.15, 0.2) is 0 Å². The fourth-order valence-electron chi connectivity index (χ4n) is 2.10. The average molecular weight is 364 g/mol. The Balaban J connectivity index is 2.17. The highest BCUT2D eigenvalue weighted by Gasteiger charge is 2.13. The Kier molecular flexibility index (Phi) is 5.18. The summed E-state index contributed by atoms with van der Waals surface area (Å²) in [4.78, 5) is 2.47. The lowest BCUT2D eigenvalue weighted by atomic mass is 9.87. The Morgan fingerprint density at radius 1 is 1.00 bits per heavy atom. The maximum absolute atomic E-state index is 5.94. The van der Waals surface area contributed by atoms with E-state index in [9.17, 15) is 0 Å². The molecule has 2 aromatic rings. The number of benzene rings is 2. The third kappa shape index (κ3) is 4.35. The molecule has 21 heavy (non-hydrogen) atoms. The van der Waals surface area contributed by atoms with Crippen LogP contribution >= 0.6 is 27.7 Å². The van der Waals surface area contributed by atoms with Crippen LogP contribution in [0.5, 0.6) is 0 Å². The van der Waals surface area contributed by atoms with Gasteiger partial charge >= 0.3 is 0 Å². The highest BCUT2D eigenvalue weighted by molar-refractivity contribution is 9.10. The Morgan fingerprint density at radius 2 is 1.57 bits per heavy atom. The summed E-state index contributed by atoms with van der Waals surface area (Å²) in [5, 5.41) is 0. The fraction of sp³-hybridized carbons (Fsp3) is 0.333. The van der Waals surface area contributed by atoms with E-state index in [1.807, 2.05) is 6.92 Å². The maximum atomic E-state index is 5.94. The molecule has 0 saturated carbocycles. The first kappa shape index (κ1) is 16.6. The minimum absolute atomic E-state index is 0.0458. The first-order chi connectivity index (χ1) is 9.77. The van der Waals surface area contributed by atoms with Gasteiger partial charge in [0.05, 0.1) is 0 Å². The van der Waals surface area contributed by atoms with Crippen LogP contribution in [0.25, 0.3) is 0 Å². The van der Waals surface area contributed by atoms with Gasteiger partial charge in [-0.2, -0.15) is 0 Å². The van der Waals surface area contributed by atoms with Crippen molar-refractivity contribution in [3.63, 3.8) is 0 Å². The summed E-state index contributed by atoms with van der Waals surface area (Å²) >= 11 is 5.38. The van der Waals surface area contributed by atoms with Crippen LogP contribution in [0.15, 0.2) is 56.7 Å². The summed E-state index contributed by atoms with van der Waals surface area (Å²) in [5.41, 5.74) is 8.64. The van der Waals surface area contributed by atoms with Crippen molar-refractivity contribution in [2.45, 2.75) is 48.9 Å². The van der Waals surface area contributed by atoms with Crippen LogP contribution in [0.3, 0.4) is 0 Å². The lowest BCUT2D eigenvalue weighted by molar-refractivity contribution is 0.590. The molecule has 0 unspecified atom stereocenters. The zero-order valence-electron chi connectivity index (χ0n) is 13.0. The van der Waals surface area contributed by atoms with Gasteiger partial charge in [-0.05, 0) is 47.7 Å². The molecule has 0 aliphatic carbocycles. The van der Waals surface area contributed by atoms with Crippen molar-refractivity contribution in [1.29, 1.82) is 0 Å². The van der Waals surface area contributed by atoms with Gasteiger partial charge in [0.25, 0.3) is 0 Å². The highest BCUT2D eigenvalue weighted by atomic mass is 79.9. The number of hydrogen-bond donors (Lipinski definition) is 1. The number of halogens is 1. The molecule has 0 amide bonds. The van der Waals surface area contributed by atoms with E-state index in [2.05, 4.69) is 79.2 Å². The largest absolute Gasteiger partial charge is 0.324 e. The minimum Gasteiger partial charge on any atom is -0.324 e. The molecule has 112 valence electrons. The normalized spacial score (nSPS) is 13.2. The van der Waals surface area contributed by atoms with E-state index in [-0.39, 0.29) is 11.5 Å². The minimum atomic E-state index is 0.0458. The van der Waals surface area contributed by atoms with Crippen molar-refractivity contribution in [3.05, 3.63) is 58.1 Å². The van der Waals surface area contributed by atoms with Gasteiger partial charge in [0.2, 0.25) is 0 Å². The van der Waals surface area contributed by atoms with Crippen LogP contribution in [0.2, 0.25) is 0 Å². The molecule has 0 heterocycles. The molecule has 1 nitrogen and oxygen atoms in total. The van der Waals surface area contributed by atoms with E-state index in [1.54, 1.807) is 11.8 Å². The van der Waals surface area contributed by atoms with Gasteiger partial charge in [-0.25, -0.2) is 0 Å². The van der Waals surface area contributed by atoms with Crippen LogP contribution in [-0.2, 0) is 5.41 Å². The summed E-state index contributed by atoms with van der Waals surface area (Å²) in [6.07, 6.45) is 0. The molecule has 2 N–H and O–H groups in total. The summed E-state index contributed by atoms with van der Waals surface area (Å²) in [7, 11) is 0. The van der Waals surface area contributed by atoms with E-state index >= 15 is 0 Å². The second kappa shape index (κ2) is 6.55. The Hall–Kier alpha value is -0.770. The monoisotopic (exact) mass is 363 g/mol. The third-order valence-corrected chi connectivity index (χ3v) is 5.10. The average Bonchev–Trinajstić information content (AvgIpc) is 2.38. The van der Waals surface area contributed by atoms with E-state index in [1.165, 1.54) is 15.4 Å². The van der Waals surface area contributed by atoms with Crippen molar-refractivity contribution >= 4 is 27.7 Å². The van der Waals surface area contributed by atoms with Gasteiger partial charge in [-0.1, -0.05) is 66.7 Å². The maximum Gasteiger partial charge on any atom is 0.0277 e. The summed E-state index contributed by atoms with van der Waals surface area (Å²) in [6.45, 7) is 8.70. The lowest BCUT2D eigenvalue weighted by Gasteiger charge is -2.19. The molecular weight excluding hydrogens is 342 g/mol. The molecule has 0 saturated heterocycles. The molecule has 0 spiro atoms. The first-order valence-electron chi connectivity index (χ1n) is 7.11. The van der Waals surface area contributed by atoms with E-state index in [4.69, 9.17) is 5.73 Å². The van der Waals surface area contributed by atoms with Crippen molar-refractivity contribution in [2.24, 2.45) is 5.73 Å². The Labute approximate surface area is 140 Å². The molecule has 0 aliphatic rings. The third-order valence-electron chi connectivity index (χ3n) is 3.42. The zero-order chi connectivity index (χ0) is 15.6. The predicted molar refractivity (Wildman–Crippen MR) is 96.0 cm³/mol. The first-order valence-corrected chi connectivity index (χ1v) is 8.72. The number of nitrogens with two attached hydrogens (primary N) is 1. The molecule has 3 heteroatoms. The van der Waals surface area contributed by atoms with Crippen LogP contribution in [0.1, 0.15) is 44.9 Å². The van der Waals surface area contributed by atoms with Crippen molar-refractivity contribution < 1.29 is 0 Å². The highest BCUT2D eigenvalue weighted by Crippen LogP contribution is 2.33. The van der Waals surface area contributed by atoms with E-state index in [0.717, 1.165) is 10.0 Å². The quantitative estimate of drug-likeness (QED) is 0.732. The van der Waals surface area contributed by atoms with Crippen LogP contribution in [-0.4, -0.2) is 0 Å². The molecule has 0 bridgehead atoms. The van der Waals surface area contributed by atoms with Crippen LogP contribution in [0, 0.1) is 0 Å². The topological polar surface area (TPSA) is 26.0 Å². The summed E-state index contributed by atoms with van der Waals surface area (Å²) < 4.78 is 1.08. The molecule has 0 aliphatic heterocycles. The van der Waals surface area contributed by atoms with Crippen LogP contribution in [0.4, 0.5) is 0 Å². The second-order valence-electron chi connectivity index (χ2n) is 6.35. The van der Waals surface area contributed by atoms with Gasteiger partial charge in [-0.3, -0.25) is 0 Å². The van der Waals surface area contributed by atoms with Gasteiger partial charge in [0, 0.05) is 20.3 Å². The Bertz CT molecular complexity index is 612. The molecule has 0 radical (unpaired) electrons. The van der Waals surface area contributed by atoms with Crippen molar-refractivity contribution in [2.75, 3.05) is 0 Å². The van der Waals surface area contributed by atoms with E-state index in [0.29, 0.717) is 0 Å². The Morgan fingerprint density at radius 3 is 2.05 bits per heavy atom. The molecule has 0 fully saturated rings.